The largest absolute Gasteiger partial charge is 0.309 e. The fourth-order valence-corrected chi connectivity index (χ4v) is 2.74. The van der Waals surface area contributed by atoms with Crippen molar-refractivity contribution < 1.29 is 0 Å². The quantitative estimate of drug-likeness (QED) is 0.460. The predicted octanol–water partition coefficient (Wildman–Crippen LogP) is 4.82. The van der Waals surface area contributed by atoms with E-state index in [1.807, 2.05) is 17.8 Å². The number of rotatable bonds is 11. The number of hydrogen-bond acceptors (Lipinski definition) is 2. The first-order valence-electron chi connectivity index (χ1n) is 7.35. The minimum absolute atomic E-state index is 0.511. The van der Waals surface area contributed by atoms with E-state index in [9.17, 15) is 0 Å². The van der Waals surface area contributed by atoms with Crippen LogP contribution in [0.15, 0.2) is 43.0 Å². The molecule has 0 fully saturated rings. The molecule has 1 unspecified atom stereocenters. The summed E-state index contributed by atoms with van der Waals surface area (Å²) in [4.78, 5) is 0. The van der Waals surface area contributed by atoms with Crippen molar-refractivity contribution in [3.8, 4) is 0 Å². The first-order valence-corrected chi connectivity index (χ1v) is 8.51. The molecule has 0 heterocycles. The molecule has 0 saturated carbocycles. The van der Waals surface area contributed by atoms with Gasteiger partial charge < -0.3 is 5.32 Å². The summed E-state index contributed by atoms with van der Waals surface area (Å²) in [5.41, 5.74) is 1.42. The lowest BCUT2D eigenvalue weighted by Crippen LogP contribution is -2.24. The third-order valence-corrected chi connectivity index (χ3v) is 4.14. The van der Waals surface area contributed by atoms with Crippen LogP contribution in [0.1, 0.15) is 44.2 Å². The minimum atomic E-state index is 0.511. The Morgan fingerprint density at radius 3 is 2.74 bits per heavy atom. The van der Waals surface area contributed by atoms with Gasteiger partial charge in [0.25, 0.3) is 0 Å². The zero-order valence-electron chi connectivity index (χ0n) is 12.1. The van der Waals surface area contributed by atoms with Gasteiger partial charge in [-0.25, -0.2) is 0 Å². The van der Waals surface area contributed by atoms with Crippen LogP contribution in [0.2, 0.25) is 0 Å². The fraction of sp³-hybridized carbons (Fsp3) is 0.529. The molecule has 1 atom stereocenters. The number of nitrogens with one attached hydrogen (secondary N) is 1. The number of hydrogen-bond donors (Lipinski definition) is 1. The molecule has 0 aromatic heterocycles. The summed E-state index contributed by atoms with van der Waals surface area (Å²) >= 11 is 1.94. The maximum atomic E-state index is 3.75. The lowest BCUT2D eigenvalue weighted by molar-refractivity contribution is 0.488. The maximum absolute atomic E-state index is 3.75. The average Bonchev–Trinajstić information content (AvgIpc) is 2.46. The van der Waals surface area contributed by atoms with Gasteiger partial charge in [0.1, 0.15) is 0 Å². The Bertz CT molecular complexity index is 323. The van der Waals surface area contributed by atoms with Crippen LogP contribution < -0.4 is 5.32 Å². The summed E-state index contributed by atoms with van der Waals surface area (Å²) in [5.74, 6) is 2.21. The smallest absolute Gasteiger partial charge is 0.0320 e. The highest BCUT2D eigenvalue weighted by Gasteiger charge is 2.09. The predicted molar refractivity (Wildman–Crippen MR) is 88.8 cm³/mol. The molecule has 19 heavy (non-hydrogen) atoms. The second-order valence-corrected chi connectivity index (χ2v) is 5.93. The fourth-order valence-electron chi connectivity index (χ4n) is 2.14. The summed E-state index contributed by atoms with van der Waals surface area (Å²) in [6.45, 7) is 7.08. The van der Waals surface area contributed by atoms with Crippen molar-refractivity contribution in [2.45, 2.75) is 38.6 Å². The molecule has 1 nitrogen and oxygen atoms in total. The van der Waals surface area contributed by atoms with Gasteiger partial charge in [-0.3, -0.25) is 0 Å². The van der Waals surface area contributed by atoms with Crippen molar-refractivity contribution in [1.82, 2.24) is 5.32 Å². The van der Waals surface area contributed by atoms with Crippen molar-refractivity contribution in [2.24, 2.45) is 0 Å². The molecule has 1 rings (SSSR count). The van der Waals surface area contributed by atoms with Gasteiger partial charge >= 0.3 is 0 Å². The molecule has 1 N–H and O–H groups in total. The van der Waals surface area contributed by atoms with E-state index in [1.54, 1.807) is 0 Å². The van der Waals surface area contributed by atoms with Gasteiger partial charge in [0.2, 0.25) is 0 Å². The van der Waals surface area contributed by atoms with Gasteiger partial charge in [0.15, 0.2) is 0 Å². The van der Waals surface area contributed by atoms with E-state index in [2.05, 4.69) is 49.2 Å². The van der Waals surface area contributed by atoms with Gasteiger partial charge in [0, 0.05) is 24.1 Å². The van der Waals surface area contributed by atoms with Crippen LogP contribution >= 0.6 is 11.8 Å². The molecule has 0 radical (unpaired) electrons. The lowest BCUT2D eigenvalue weighted by atomic mass is 10.0. The number of thioether (sulfide) groups is 1. The summed E-state index contributed by atoms with van der Waals surface area (Å²) in [6.07, 6.45) is 7.14. The highest BCUT2D eigenvalue weighted by molar-refractivity contribution is 7.99. The molecule has 1 aromatic rings. The van der Waals surface area contributed by atoms with Gasteiger partial charge in [-0.1, -0.05) is 62.6 Å². The SMILES string of the molecule is C=CCSCCNC(CCCCC)c1ccccc1. The molecule has 2 heteroatoms. The maximum Gasteiger partial charge on any atom is 0.0320 e. The van der Waals surface area contributed by atoms with E-state index in [4.69, 9.17) is 0 Å². The molecule has 0 aliphatic rings. The Morgan fingerprint density at radius 1 is 1.26 bits per heavy atom. The molecule has 106 valence electrons. The van der Waals surface area contributed by atoms with Crippen LogP contribution in [-0.2, 0) is 0 Å². The molecule has 1 aromatic carbocycles. The zero-order valence-corrected chi connectivity index (χ0v) is 12.9. The number of unbranched alkanes of at least 4 members (excludes halogenated alkanes) is 2. The van der Waals surface area contributed by atoms with Crippen LogP contribution in [0.4, 0.5) is 0 Å². The summed E-state index contributed by atoms with van der Waals surface area (Å²) < 4.78 is 0. The standard InChI is InChI=1S/C17H27NS/c1-3-5-7-12-17(16-10-8-6-9-11-16)18-13-15-19-14-4-2/h4,6,8-11,17-18H,2-3,5,7,12-15H2,1H3. The highest BCUT2D eigenvalue weighted by Crippen LogP contribution is 2.19. The first-order chi connectivity index (χ1) is 9.38. The molecule has 0 aliphatic heterocycles. The normalized spacial score (nSPS) is 12.3. The number of benzene rings is 1. The molecule has 0 amide bonds. The van der Waals surface area contributed by atoms with Crippen LogP contribution in [0.3, 0.4) is 0 Å². The van der Waals surface area contributed by atoms with Crippen LogP contribution in [0, 0.1) is 0 Å². The molecular formula is C17H27NS. The van der Waals surface area contributed by atoms with Crippen LogP contribution in [-0.4, -0.2) is 18.1 Å². The molecule has 0 aliphatic carbocycles. The topological polar surface area (TPSA) is 12.0 Å². The molecular weight excluding hydrogens is 250 g/mol. The van der Waals surface area contributed by atoms with Gasteiger partial charge in [0.05, 0.1) is 0 Å². The molecule has 0 bridgehead atoms. The van der Waals surface area contributed by atoms with Crippen molar-refractivity contribution in [3.63, 3.8) is 0 Å². The van der Waals surface area contributed by atoms with E-state index < -0.39 is 0 Å². The van der Waals surface area contributed by atoms with E-state index >= 15 is 0 Å². The molecule has 0 spiro atoms. The van der Waals surface area contributed by atoms with Crippen LogP contribution in [0.5, 0.6) is 0 Å². The van der Waals surface area contributed by atoms with Gasteiger partial charge in [-0.2, -0.15) is 11.8 Å². The van der Waals surface area contributed by atoms with E-state index in [0.29, 0.717) is 6.04 Å². The van der Waals surface area contributed by atoms with Crippen molar-refractivity contribution in [2.75, 3.05) is 18.1 Å². The monoisotopic (exact) mass is 277 g/mol. The second-order valence-electron chi connectivity index (χ2n) is 4.78. The second kappa shape index (κ2) is 11.1. The van der Waals surface area contributed by atoms with Crippen molar-refractivity contribution in [1.29, 1.82) is 0 Å². The summed E-state index contributed by atoms with van der Waals surface area (Å²) in [6, 6.07) is 11.3. The highest BCUT2D eigenvalue weighted by atomic mass is 32.2. The average molecular weight is 277 g/mol. The summed E-state index contributed by atoms with van der Waals surface area (Å²) in [5, 5.41) is 3.70. The Hall–Kier alpha value is -0.730. The van der Waals surface area contributed by atoms with Crippen LogP contribution in [0.25, 0.3) is 0 Å². The summed E-state index contributed by atoms with van der Waals surface area (Å²) in [7, 11) is 0. The third kappa shape index (κ3) is 7.44. The van der Waals surface area contributed by atoms with E-state index in [0.717, 1.165) is 18.1 Å². The van der Waals surface area contributed by atoms with Gasteiger partial charge in [-0.15, -0.1) is 6.58 Å². The Labute approximate surface area is 122 Å². The first kappa shape index (κ1) is 16.3. The van der Waals surface area contributed by atoms with Crippen molar-refractivity contribution >= 4 is 11.8 Å². The van der Waals surface area contributed by atoms with Gasteiger partial charge in [-0.05, 0) is 12.0 Å². The van der Waals surface area contributed by atoms with Crippen molar-refractivity contribution in [3.05, 3.63) is 48.6 Å². The van der Waals surface area contributed by atoms with E-state index in [-0.39, 0.29) is 0 Å². The third-order valence-electron chi connectivity index (χ3n) is 3.17. The lowest BCUT2D eigenvalue weighted by Gasteiger charge is -2.19. The minimum Gasteiger partial charge on any atom is -0.309 e. The Balaban J connectivity index is 2.38. The Kier molecular flexibility index (Phi) is 9.56. The Morgan fingerprint density at radius 2 is 2.05 bits per heavy atom. The zero-order chi connectivity index (χ0) is 13.8. The molecule has 0 saturated heterocycles. The van der Waals surface area contributed by atoms with E-state index in [1.165, 1.54) is 31.2 Å².